The number of hydrogen-bond donors (Lipinski definition) is 1. The summed E-state index contributed by atoms with van der Waals surface area (Å²) in [6.45, 7) is 10.6. The summed E-state index contributed by atoms with van der Waals surface area (Å²) in [5.41, 5.74) is 4.36. The van der Waals surface area contributed by atoms with Crippen molar-refractivity contribution in [2.45, 2.75) is 40.7 Å². The predicted molar refractivity (Wildman–Crippen MR) is 100 cm³/mol. The summed E-state index contributed by atoms with van der Waals surface area (Å²) in [4.78, 5) is 12.2. The van der Waals surface area contributed by atoms with Crippen molar-refractivity contribution >= 4 is 5.91 Å². The van der Waals surface area contributed by atoms with Gasteiger partial charge in [0.25, 0.3) is 5.91 Å². The van der Waals surface area contributed by atoms with Crippen LogP contribution in [0.4, 0.5) is 0 Å². The molecule has 0 aliphatic rings. The van der Waals surface area contributed by atoms with Crippen molar-refractivity contribution in [1.29, 1.82) is 0 Å². The second kappa shape index (κ2) is 8.56. The van der Waals surface area contributed by atoms with E-state index in [0.29, 0.717) is 13.2 Å². The molecule has 2 aromatic carbocycles. The van der Waals surface area contributed by atoms with Crippen LogP contribution < -0.4 is 14.8 Å². The van der Waals surface area contributed by atoms with E-state index in [9.17, 15) is 4.79 Å². The normalized spacial score (nSPS) is 11.7. The minimum atomic E-state index is -0.554. The average molecular weight is 341 g/mol. The molecule has 0 fully saturated rings. The van der Waals surface area contributed by atoms with Gasteiger partial charge in [-0.15, -0.1) is 0 Å². The van der Waals surface area contributed by atoms with Gasteiger partial charge in [0.1, 0.15) is 18.1 Å². The Morgan fingerprint density at radius 3 is 2.16 bits per heavy atom. The van der Waals surface area contributed by atoms with Crippen LogP contribution in [0.1, 0.15) is 29.2 Å². The number of benzene rings is 2. The van der Waals surface area contributed by atoms with E-state index >= 15 is 0 Å². The SMILES string of the molecule is Cc1ccc(C)c(OCCNC(=O)C(C)Oc2cc(C)ccc2C)c1. The molecule has 0 aliphatic heterocycles. The maximum atomic E-state index is 12.2. The molecule has 1 amide bonds. The van der Waals surface area contributed by atoms with E-state index in [0.717, 1.165) is 33.8 Å². The van der Waals surface area contributed by atoms with Crippen LogP contribution in [0.3, 0.4) is 0 Å². The number of ether oxygens (including phenoxy) is 2. The zero-order valence-corrected chi connectivity index (χ0v) is 15.7. The second-order valence-electron chi connectivity index (χ2n) is 6.44. The first-order chi connectivity index (χ1) is 11.9. The molecule has 4 heteroatoms. The third-order valence-electron chi connectivity index (χ3n) is 4.02. The summed E-state index contributed by atoms with van der Waals surface area (Å²) < 4.78 is 11.5. The smallest absolute Gasteiger partial charge is 0.260 e. The van der Waals surface area contributed by atoms with Crippen LogP contribution in [-0.4, -0.2) is 25.2 Å². The number of carbonyl (C=O) groups excluding carboxylic acids is 1. The minimum absolute atomic E-state index is 0.148. The van der Waals surface area contributed by atoms with Gasteiger partial charge in [-0.25, -0.2) is 0 Å². The lowest BCUT2D eigenvalue weighted by molar-refractivity contribution is -0.127. The van der Waals surface area contributed by atoms with Gasteiger partial charge in [0.2, 0.25) is 0 Å². The highest BCUT2D eigenvalue weighted by Crippen LogP contribution is 2.20. The van der Waals surface area contributed by atoms with E-state index in [2.05, 4.69) is 11.4 Å². The van der Waals surface area contributed by atoms with Crippen molar-refractivity contribution in [2.24, 2.45) is 0 Å². The van der Waals surface area contributed by atoms with Crippen LogP contribution in [-0.2, 0) is 4.79 Å². The molecule has 0 bridgehead atoms. The molecule has 134 valence electrons. The second-order valence-corrected chi connectivity index (χ2v) is 6.44. The Balaban J connectivity index is 1.79. The van der Waals surface area contributed by atoms with Crippen molar-refractivity contribution in [3.05, 3.63) is 58.7 Å². The van der Waals surface area contributed by atoms with Gasteiger partial charge in [-0.1, -0.05) is 24.3 Å². The maximum Gasteiger partial charge on any atom is 0.260 e. The first-order valence-electron chi connectivity index (χ1n) is 8.58. The third kappa shape index (κ3) is 5.52. The molecular weight excluding hydrogens is 314 g/mol. The molecule has 0 spiro atoms. The Kier molecular flexibility index (Phi) is 6.45. The van der Waals surface area contributed by atoms with E-state index in [1.165, 1.54) is 0 Å². The number of carbonyl (C=O) groups is 1. The standard InChI is InChI=1S/C21H27NO3/c1-14-6-8-16(3)19(12-14)24-11-10-22-21(23)18(5)25-20-13-15(2)7-9-17(20)4/h6-9,12-13,18H,10-11H2,1-5H3,(H,22,23). The lowest BCUT2D eigenvalue weighted by atomic mass is 10.1. The van der Waals surface area contributed by atoms with Gasteiger partial charge in [-0.3, -0.25) is 4.79 Å². The van der Waals surface area contributed by atoms with Crippen molar-refractivity contribution in [3.63, 3.8) is 0 Å². The van der Waals surface area contributed by atoms with Crippen LogP contribution in [0, 0.1) is 27.7 Å². The molecule has 1 N–H and O–H groups in total. The van der Waals surface area contributed by atoms with Gasteiger partial charge in [-0.05, 0) is 69.0 Å². The van der Waals surface area contributed by atoms with Crippen LogP contribution in [0.2, 0.25) is 0 Å². The average Bonchev–Trinajstić information content (AvgIpc) is 2.57. The highest BCUT2D eigenvalue weighted by Gasteiger charge is 2.15. The Morgan fingerprint density at radius 2 is 1.52 bits per heavy atom. The molecule has 0 radical (unpaired) electrons. The largest absolute Gasteiger partial charge is 0.491 e. The molecule has 1 unspecified atom stereocenters. The van der Waals surface area contributed by atoms with E-state index in [-0.39, 0.29) is 5.91 Å². The zero-order valence-electron chi connectivity index (χ0n) is 15.7. The van der Waals surface area contributed by atoms with Gasteiger partial charge in [0, 0.05) is 0 Å². The van der Waals surface area contributed by atoms with Crippen LogP contribution >= 0.6 is 0 Å². The molecule has 0 saturated heterocycles. The maximum absolute atomic E-state index is 12.2. The summed E-state index contributed by atoms with van der Waals surface area (Å²) in [6.07, 6.45) is -0.554. The van der Waals surface area contributed by atoms with Gasteiger partial charge < -0.3 is 14.8 Å². The van der Waals surface area contributed by atoms with Gasteiger partial charge in [0.05, 0.1) is 6.54 Å². The lowest BCUT2D eigenvalue weighted by Crippen LogP contribution is -2.38. The number of aryl methyl sites for hydroxylation is 4. The predicted octanol–water partition coefficient (Wildman–Crippen LogP) is 3.88. The van der Waals surface area contributed by atoms with Crippen molar-refractivity contribution in [1.82, 2.24) is 5.32 Å². The highest BCUT2D eigenvalue weighted by atomic mass is 16.5. The van der Waals surface area contributed by atoms with Gasteiger partial charge in [-0.2, -0.15) is 0 Å². The molecule has 0 aromatic heterocycles. The Labute approximate surface area is 150 Å². The molecule has 25 heavy (non-hydrogen) atoms. The minimum Gasteiger partial charge on any atom is -0.491 e. The lowest BCUT2D eigenvalue weighted by Gasteiger charge is -2.17. The monoisotopic (exact) mass is 341 g/mol. The summed E-state index contributed by atoms with van der Waals surface area (Å²) >= 11 is 0. The van der Waals surface area contributed by atoms with E-state index in [1.54, 1.807) is 6.92 Å². The molecular formula is C21H27NO3. The third-order valence-corrected chi connectivity index (χ3v) is 4.02. The van der Waals surface area contributed by atoms with E-state index in [4.69, 9.17) is 9.47 Å². The summed E-state index contributed by atoms with van der Waals surface area (Å²) in [6, 6.07) is 12.1. The summed E-state index contributed by atoms with van der Waals surface area (Å²) in [5.74, 6) is 1.45. The number of amides is 1. The van der Waals surface area contributed by atoms with Crippen LogP contribution in [0.25, 0.3) is 0 Å². The van der Waals surface area contributed by atoms with E-state index in [1.807, 2.05) is 58.0 Å². The summed E-state index contributed by atoms with van der Waals surface area (Å²) in [5, 5.41) is 2.85. The fourth-order valence-corrected chi connectivity index (χ4v) is 2.42. The zero-order chi connectivity index (χ0) is 18.4. The quantitative estimate of drug-likeness (QED) is 0.778. The van der Waals surface area contributed by atoms with E-state index < -0.39 is 6.10 Å². The molecule has 0 saturated carbocycles. The van der Waals surface area contributed by atoms with Crippen molar-refractivity contribution < 1.29 is 14.3 Å². The van der Waals surface area contributed by atoms with Gasteiger partial charge >= 0.3 is 0 Å². The number of hydrogen-bond acceptors (Lipinski definition) is 3. The van der Waals surface area contributed by atoms with Crippen LogP contribution in [0.15, 0.2) is 36.4 Å². The Bertz CT molecular complexity index is 740. The van der Waals surface area contributed by atoms with Crippen LogP contribution in [0.5, 0.6) is 11.5 Å². The first kappa shape index (κ1) is 18.8. The first-order valence-corrected chi connectivity index (χ1v) is 8.58. The topological polar surface area (TPSA) is 47.6 Å². The fourth-order valence-electron chi connectivity index (χ4n) is 2.42. The molecule has 2 aromatic rings. The Morgan fingerprint density at radius 1 is 0.960 bits per heavy atom. The molecule has 4 nitrogen and oxygen atoms in total. The van der Waals surface area contributed by atoms with Gasteiger partial charge in [0.15, 0.2) is 6.10 Å². The fraction of sp³-hybridized carbons (Fsp3) is 0.381. The molecule has 2 rings (SSSR count). The number of nitrogens with one attached hydrogen (secondary N) is 1. The summed E-state index contributed by atoms with van der Waals surface area (Å²) in [7, 11) is 0. The van der Waals surface area contributed by atoms with Crippen molar-refractivity contribution in [3.8, 4) is 11.5 Å². The molecule has 0 heterocycles. The molecule has 0 aliphatic carbocycles. The van der Waals surface area contributed by atoms with Crippen molar-refractivity contribution in [2.75, 3.05) is 13.2 Å². The molecule has 1 atom stereocenters. The highest BCUT2D eigenvalue weighted by molar-refractivity contribution is 5.80. The Hall–Kier alpha value is -2.49. The number of rotatable bonds is 7.